The van der Waals surface area contributed by atoms with Crippen molar-refractivity contribution < 1.29 is 9.84 Å². The molecular weight excluding hydrogens is 274 g/mol. The zero-order valence-corrected chi connectivity index (χ0v) is 12.4. The van der Waals surface area contributed by atoms with Gasteiger partial charge in [-0.1, -0.05) is 11.6 Å². The Labute approximate surface area is 125 Å². The maximum absolute atomic E-state index is 10.5. The molecule has 3 atom stereocenters. The van der Waals surface area contributed by atoms with E-state index in [0.29, 0.717) is 5.02 Å². The van der Waals surface area contributed by atoms with E-state index in [4.69, 9.17) is 16.3 Å². The van der Waals surface area contributed by atoms with E-state index in [1.165, 1.54) is 12.8 Å². The van der Waals surface area contributed by atoms with Crippen LogP contribution in [0, 0.1) is 5.92 Å². The number of benzene rings is 1. The Morgan fingerprint density at radius 3 is 2.60 bits per heavy atom. The van der Waals surface area contributed by atoms with Crippen LogP contribution >= 0.6 is 11.6 Å². The van der Waals surface area contributed by atoms with E-state index in [1.807, 2.05) is 24.3 Å². The van der Waals surface area contributed by atoms with Crippen molar-refractivity contribution in [1.29, 1.82) is 0 Å². The summed E-state index contributed by atoms with van der Waals surface area (Å²) in [5.41, 5.74) is 0. The third-order valence-electron chi connectivity index (χ3n) is 4.26. The van der Waals surface area contributed by atoms with E-state index in [1.54, 1.807) is 0 Å². The van der Waals surface area contributed by atoms with Gasteiger partial charge in [0.1, 0.15) is 18.0 Å². The van der Waals surface area contributed by atoms with E-state index >= 15 is 0 Å². The summed E-state index contributed by atoms with van der Waals surface area (Å²) in [6, 6.07) is 7.51. The minimum atomic E-state index is -0.432. The predicted octanol–water partition coefficient (Wildman–Crippen LogP) is 3.00. The van der Waals surface area contributed by atoms with Gasteiger partial charge in [-0.3, -0.25) is 0 Å². The first-order valence-electron chi connectivity index (χ1n) is 7.56. The summed E-state index contributed by atoms with van der Waals surface area (Å²) in [5.74, 6) is 1.61. The van der Waals surface area contributed by atoms with Crippen LogP contribution in [0.3, 0.4) is 0 Å². The number of rotatable bonds is 5. The number of halogens is 1. The van der Waals surface area contributed by atoms with Gasteiger partial charge in [-0.15, -0.1) is 0 Å². The molecule has 0 heterocycles. The van der Waals surface area contributed by atoms with Crippen molar-refractivity contribution >= 4 is 11.6 Å². The quantitative estimate of drug-likeness (QED) is 0.877. The van der Waals surface area contributed by atoms with Crippen molar-refractivity contribution in [2.24, 2.45) is 5.92 Å². The Balaban J connectivity index is 1.55. The van der Waals surface area contributed by atoms with Crippen LogP contribution in [0.25, 0.3) is 0 Å². The summed E-state index contributed by atoms with van der Waals surface area (Å²) in [4.78, 5) is 0. The van der Waals surface area contributed by atoms with Crippen molar-refractivity contribution in [1.82, 2.24) is 5.32 Å². The molecule has 0 aromatic heterocycles. The summed E-state index contributed by atoms with van der Waals surface area (Å²) >= 11 is 5.87. The molecule has 2 fully saturated rings. The number of aliphatic hydroxyl groups is 1. The average Bonchev–Trinajstić information content (AvgIpc) is 3.26. The molecule has 1 aromatic carbocycles. The molecule has 0 amide bonds. The number of aliphatic hydroxyl groups excluding tert-OH is 1. The lowest BCUT2D eigenvalue weighted by molar-refractivity contribution is -0.0154. The van der Waals surface area contributed by atoms with E-state index in [9.17, 15) is 5.11 Å². The molecular formula is C16H22ClNO2. The van der Waals surface area contributed by atoms with Crippen LogP contribution in [0.1, 0.15) is 32.1 Å². The van der Waals surface area contributed by atoms with E-state index < -0.39 is 6.10 Å². The number of nitrogens with one attached hydrogen (secondary N) is 1. The van der Waals surface area contributed by atoms with Gasteiger partial charge >= 0.3 is 0 Å². The Kier molecular flexibility index (Phi) is 4.49. The summed E-state index contributed by atoms with van der Waals surface area (Å²) in [6.07, 6.45) is 5.15. The van der Waals surface area contributed by atoms with Crippen molar-refractivity contribution in [3.05, 3.63) is 29.3 Å². The molecule has 4 heteroatoms. The molecule has 2 aliphatic carbocycles. The molecule has 0 aliphatic heterocycles. The number of ether oxygens (including phenoxy) is 1. The largest absolute Gasteiger partial charge is 0.488 e. The summed E-state index contributed by atoms with van der Waals surface area (Å²) < 4.78 is 5.93. The zero-order chi connectivity index (χ0) is 13.9. The lowest BCUT2D eigenvalue weighted by Gasteiger charge is -2.35. The van der Waals surface area contributed by atoms with Crippen LogP contribution in [0.2, 0.25) is 5.02 Å². The molecule has 0 unspecified atom stereocenters. The first-order valence-corrected chi connectivity index (χ1v) is 7.94. The minimum absolute atomic E-state index is 0.123. The Morgan fingerprint density at radius 2 is 1.90 bits per heavy atom. The first-order chi connectivity index (χ1) is 9.72. The van der Waals surface area contributed by atoms with Gasteiger partial charge in [0.05, 0.1) is 0 Å². The summed E-state index contributed by atoms with van der Waals surface area (Å²) in [5, 5.41) is 14.7. The number of hydrogen-bond acceptors (Lipinski definition) is 3. The van der Waals surface area contributed by atoms with Gasteiger partial charge < -0.3 is 15.2 Å². The Bertz CT molecular complexity index is 433. The van der Waals surface area contributed by atoms with Crippen molar-refractivity contribution in [3.8, 4) is 5.75 Å². The molecule has 0 bridgehead atoms. The fourth-order valence-electron chi connectivity index (χ4n) is 2.82. The smallest absolute Gasteiger partial charge is 0.126 e. The average molecular weight is 296 g/mol. The van der Waals surface area contributed by atoms with Crippen LogP contribution in [-0.2, 0) is 0 Å². The van der Waals surface area contributed by atoms with Gasteiger partial charge in [0.2, 0.25) is 0 Å². The second kappa shape index (κ2) is 6.33. The first kappa shape index (κ1) is 14.2. The highest BCUT2D eigenvalue weighted by Gasteiger charge is 2.34. The second-order valence-corrected chi connectivity index (χ2v) is 6.43. The number of hydrogen-bond donors (Lipinski definition) is 2. The third-order valence-corrected chi connectivity index (χ3v) is 4.52. The molecule has 1 aromatic rings. The van der Waals surface area contributed by atoms with Gasteiger partial charge in [0.25, 0.3) is 0 Å². The fourth-order valence-corrected chi connectivity index (χ4v) is 2.94. The van der Waals surface area contributed by atoms with E-state index in [2.05, 4.69) is 5.32 Å². The van der Waals surface area contributed by atoms with Crippen LogP contribution in [0.5, 0.6) is 5.75 Å². The SMILES string of the molecule is O[C@@H]1[C@@H](NCC2CC2)CCC[C@H]1Oc1ccc(Cl)cc1. The maximum atomic E-state index is 10.5. The van der Waals surface area contributed by atoms with Gasteiger partial charge in [-0.05, 0) is 68.8 Å². The normalized spacial score (nSPS) is 30.2. The molecule has 0 radical (unpaired) electrons. The Hall–Kier alpha value is -0.770. The van der Waals surface area contributed by atoms with Gasteiger partial charge in [-0.2, -0.15) is 0 Å². The maximum Gasteiger partial charge on any atom is 0.126 e. The third kappa shape index (κ3) is 3.66. The highest BCUT2D eigenvalue weighted by atomic mass is 35.5. The molecule has 3 nitrogen and oxygen atoms in total. The van der Waals surface area contributed by atoms with Crippen molar-refractivity contribution in [2.45, 2.75) is 50.4 Å². The lowest BCUT2D eigenvalue weighted by Crippen LogP contribution is -2.51. The molecule has 110 valence electrons. The molecule has 0 spiro atoms. The van der Waals surface area contributed by atoms with Gasteiger partial charge in [-0.25, -0.2) is 0 Å². The molecule has 2 N–H and O–H groups in total. The highest BCUT2D eigenvalue weighted by Crippen LogP contribution is 2.29. The standard InChI is InChI=1S/C16H22ClNO2/c17-12-6-8-13(9-7-12)20-15-3-1-2-14(16(15)19)18-10-11-4-5-11/h6-9,11,14-16,18-19H,1-5,10H2/t14-,15+,16+/m0/s1. The lowest BCUT2D eigenvalue weighted by atomic mass is 9.89. The van der Waals surface area contributed by atoms with E-state index in [0.717, 1.165) is 37.5 Å². The Morgan fingerprint density at radius 1 is 1.15 bits per heavy atom. The van der Waals surface area contributed by atoms with Crippen LogP contribution in [0.4, 0.5) is 0 Å². The van der Waals surface area contributed by atoms with Crippen molar-refractivity contribution in [2.75, 3.05) is 6.54 Å². The van der Waals surface area contributed by atoms with Crippen molar-refractivity contribution in [3.63, 3.8) is 0 Å². The molecule has 2 aliphatic rings. The fraction of sp³-hybridized carbons (Fsp3) is 0.625. The van der Waals surface area contributed by atoms with Gasteiger partial charge in [0.15, 0.2) is 0 Å². The predicted molar refractivity (Wildman–Crippen MR) is 80.2 cm³/mol. The second-order valence-electron chi connectivity index (χ2n) is 5.99. The summed E-state index contributed by atoms with van der Waals surface area (Å²) in [7, 11) is 0. The molecule has 20 heavy (non-hydrogen) atoms. The topological polar surface area (TPSA) is 41.5 Å². The zero-order valence-electron chi connectivity index (χ0n) is 11.6. The molecule has 3 rings (SSSR count). The monoisotopic (exact) mass is 295 g/mol. The molecule has 0 saturated heterocycles. The van der Waals surface area contributed by atoms with E-state index in [-0.39, 0.29) is 12.1 Å². The van der Waals surface area contributed by atoms with Crippen LogP contribution < -0.4 is 10.1 Å². The minimum Gasteiger partial charge on any atom is -0.488 e. The van der Waals surface area contributed by atoms with Crippen LogP contribution in [-0.4, -0.2) is 29.9 Å². The highest BCUT2D eigenvalue weighted by molar-refractivity contribution is 6.30. The van der Waals surface area contributed by atoms with Gasteiger partial charge in [0, 0.05) is 11.1 Å². The van der Waals surface area contributed by atoms with Crippen LogP contribution in [0.15, 0.2) is 24.3 Å². The summed E-state index contributed by atoms with van der Waals surface area (Å²) in [6.45, 7) is 1.04. The molecule has 2 saturated carbocycles.